The third-order valence-electron chi connectivity index (χ3n) is 9.14. The van der Waals surface area contributed by atoms with Gasteiger partial charge in [0, 0.05) is 61.2 Å². The predicted octanol–water partition coefficient (Wildman–Crippen LogP) is 5.19. The second kappa shape index (κ2) is 10.6. The summed E-state index contributed by atoms with van der Waals surface area (Å²) in [5, 5.41) is 10.9. The van der Waals surface area contributed by atoms with Crippen LogP contribution in [0.1, 0.15) is 65.2 Å². The zero-order valence-electron chi connectivity index (χ0n) is 23.7. The number of alkyl halides is 2. The second-order valence-corrected chi connectivity index (χ2v) is 11.8. The molecular formula is C32H33F2N7O2. The molecular weight excluding hydrogens is 552 g/mol. The van der Waals surface area contributed by atoms with E-state index in [1.54, 1.807) is 46.2 Å². The molecule has 3 aliphatic rings. The van der Waals surface area contributed by atoms with Gasteiger partial charge in [0.15, 0.2) is 0 Å². The number of carbonyl (C=O) groups excluding carboxylic acids is 2. The molecule has 9 nitrogen and oxygen atoms in total. The molecule has 3 N–H and O–H groups in total. The monoisotopic (exact) mass is 585 g/mol. The number of nitrogens with zero attached hydrogens (tertiary/aromatic N) is 4. The zero-order chi connectivity index (χ0) is 29.7. The molecule has 222 valence electrons. The van der Waals surface area contributed by atoms with E-state index in [0.717, 1.165) is 28.5 Å². The zero-order valence-corrected chi connectivity index (χ0v) is 23.7. The van der Waals surface area contributed by atoms with E-state index < -0.39 is 24.3 Å². The first-order chi connectivity index (χ1) is 20.8. The highest BCUT2D eigenvalue weighted by Gasteiger charge is 2.52. The molecule has 1 saturated carbocycles. The van der Waals surface area contributed by atoms with Crippen molar-refractivity contribution < 1.29 is 18.4 Å². The maximum absolute atomic E-state index is 14.8. The van der Waals surface area contributed by atoms with Crippen molar-refractivity contribution in [3.05, 3.63) is 95.8 Å². The standard InChI is InChI=1S/C32H33F2N7O2/c1-19-11-17-41(39-19)21-8-6-20(7-9-21)30(42)38-26-10-13-32(33,34)18-24(26)31(43)40-16-12-23-27(29-35-14-15-36-29)37-25-5-3-2-4-22(25)28(23)40/h2-9,11,14-15,17,23-24,26-28,37H,10,12-13,16,18H2,1H3,(H,35,36)(H,38,42)/t23?,24-,26+,27?,28?/m0/s1. The molecule has 2 aromatic heterocycles. The molecule has 3 unspecified atom stereocenters. The second-order valence-electron chi connectivity index (χ2n) is 11.8. The third-order valence-corrected chi connectivity index (χ3v) is 9.14. The summed E-state index contributed by atoms with van der Waals surface area (Å²) >= 11 is 0. The number of hydrogen-bond acceptors (Lipinski definition) is 5. The van der Waals surface area contributed by atoms with E-state index in [1.165, 1.54) is 0 Å². The Balaban J connectivity index is 1.14. The van der Waals surface area contributed by atoms with E-state index in [0.29, 0.717) is 18.5 Å². The number of imidazole rings is 1. The van der Waals surface area contributed by atoms with Gasteiger partial charge in [-0.3, -0.25) is 9.59 Å². The highest BCUT2D eigenvalue weighted by molar-refractivity contribution is 5.95. The summed E-state index contributed by atoms with van der Waals surface area (Å²) in [4.78, 5) is 37.0. The average molecular weight is 586 g/mol. The minimum Gasteiger partial charge on any atom is -0.375 e. The van der Waals surface area contributed by atoms with Crippen molar-refractivity contribution in [1.82, 2.24) is 30.0 Å². The first-order valence-corrected chi connectivity index (χ1v) is 14.7. The topological polar surface area (TPSA) is 108 Å². The number of amides is 2. The van der Waals surface area contributed by atoms with Crippen LogP contribution in [0.3, 0.4) is 0 Å². The Morgan fingerprint density at radius 1 is 1.07 bits per heavy atom. The summed E-state index contributed by atoms with van der Waals surface area (Å²) in [5.41, 5.74) is 3.94. The number of H-pyrrole nitrogens is 1. The molecule has 0 bridgehead atoms. The van der Waals surface area contributed by atoms with Gasteiger partial charge in [0.25, 0.3) is 5.91 Å². The van der Waals surface area contributed by atoms with Crippen LogP contribution in [0.4, 0.5) is 14.5 Å². The Morgan fingerprint density at radius 2 is 1.88 bits per heavy atom. The highest BCUT2D eigenvalue weighted by atomic mass is 19.3. The molecule has 4 aromatic rings. The molecule has 43 heavy (non-hydrogen) atoms. The summed E-state index contributed by atoms with van der Waals surface area (Å²) in [6.45, 7) is 2.34. The summed E-state index contributed by atoms with van der Waals surface area (Å²) in [5.74, 6) is -3.95. The molecule has 2 aliphatic heterocycles. The number of nitrogens with one attached hydrogen (secondary N) is 3. The lowest BCUT2D eigenvalue weighted by Crippen LogP contribution is -2.53. The summed E-state index contributed by atoms with van der Waals surface area (Å²) in [6, 6.07) is 15.5. The van der Waals surface area contributed by atoms with Gasteiger partial charge in [0.05, 0.1) is 29.4 Å². The third kappa shape index (κ3) is 5.06. The van der Waals surface area contributed by atoms with Crippen LogP contribution in [0, 0.1) is 18.8 Å². The smallest absolute Gasteiger partial charge is 0.251 e. The van der Waals surface area contributed by atoms with Crippen LogP contribution in [-0.2, 0) is 4.79 Å². The van der Waals surface area contributed by atoms with Gasteiger partial charge in [-0.2, -0.15) is 5.10 Å². The quantitative estimate of drug-likeness (QED) is 0.299. The predicted molar refractivity (Wildman–Crippen MR) is 156 cm³/mol. The Hall–Kier alpha value is -4.54. The molecule has 2 fully saturated rings. The summed E-state index contributed by atoms with van der Waals surface area (Å²) < 4.78 is 31.4. The van der Waals surface area contributed by atoms with Crippen molar-refractivity contribution in [3.63, 3.8) is 0 Å². The summed E-state index contributed by atoms with van der Waals surface area (Å²) in [7, 11) is 0. The maximum Gasteiger partial charge on any atom is 0.251 e. The number of fused-ring (bicyclic) bond motifs is 3. The van der Waals surface area contributed by atoms with Crippen LogP contribution >= 0.6 is 0 Å². The average Bonchev–Trinajstić information content (AvgIpc) is 3.79. The number of hydrogen-bond donors (Lipinski definition) is 3. The van der Waals surface area contributed by atoms with Gasteiger partial charge >= 0.3 is 0 Å². The number of likely N-dealkylation sites (tertiary alicyclic amines) is 1. The fourth-order valence-electron chi connectivity index (χ4n) is 7.05. The van der Waals surface area contributed by atoms with E-state index in [2.05, 4.69) is 25.7 Å². The van der Waals surface area contributed by atoms with Crippen LogP contribution in [0.2, 0.25) is 0 Å². The van der Waals surface area contributed by atoms with Gasteiger partial charge in [0.2, 0.25) is 11.8 Å². The Labute approximate surface area is 247 Å². The van der Waals surface area contributed by atoms with Gasteiger partial charge in [-0.1, -0.05) is 18.2 Å². The van der Waals surface area contributed by atoms with Crippen molar-refractivity contribution in [2.24, 2.45) is 11.8 Å². The number of aromatic amines is 1. The number of halogens is 2. The Kier molecular flexibility index (Phi) is 6.75. The number of aryl methyl sites for hydroxylation is 1. The number of benzene rings is 2. The van der Waals surface area contributed by atoms with E-state index in [-0.39, 0.29) is 42.7 Å². The van der Waals surface area contributed by atoms with Crippen molar-refractivity contribution >= 4 is 17.5 Å². The molecule has 0 radical (unpaired) electrons. The first kappa shape index (κ1) is 27.3. The van der Waals surface area contributed by atoms with E-state index in [4.69, 9.17) is 0 Å². The molecule has 7 rings (SSSR count). The Bertz CT molecular complexity index is 1640. The fourth-order valence-corrected chi connectivity index (χ4v) is 7.05. The molecule has 2 amide bonds. The number of aromatic nitrogens is 4. The normalized spacial score (nSPS) is 25.8. The molecule has 11 heteroatoms. The van der Waals surface area contributed by atoms with Crippen LogP contribution < -0.4 is 10.6 Å². The fraction of sp³-hybridized carbons (Fsp3) is 0.375. The molecule has 4 heterocycles. The van der Waals surface area contributed by atoms with Crippen LogP contribution in [0.5, 0.6) is 0 Å². The number of anilines is 1. The van der Waals surface area contributed by atoms with Gasteiger partial charge in [-0.15, -0.1) is 0 Å². The maximum atomic E-state index is 14.8. The molecule has 2 aromatic carbocycles. The number of carbonyl (C=O) groups is 2. The molecule has 5 atom stereocenters. The summed E-state index contributed by atoms with van der Waals surface area (Å²) in [6.07, 6.45) is 5.06. The molecule has 1 aliphatic carbocycles. The van der Waals surface area contributed by atoms with Gasteiger partial charge in [0.1, 0.15) is 5.82 Å². The highest BCUT2D eigenvalue weighted by Crippen LogP contribution is 2.51. The number of para-hydroxylation sites is 1. The van der Waals surface area contributed by atoms with E-state index in [9.17, 15) is 18.4 Å². The van der Waals surface area contributed by atoms with E-state index in [1.807, 2.05) is 43.5 Å². The minimum absolute atomic E-state index is 0.0132. The van der Waals surface area contributed by atoms with Crippen molar-refractivity contribution in [2.45, 2.75) is 56.7 Å². The van der Waals surface area contributed by atoms with E-state index >= 15 is 0 Å². The lowest BCUT2D eigenvalue weighted by molar-refractivity contribution is -0.146. The van der Waals surface area contributed by atoms with Gasteiger partial charge < -0.3 is 20.5 Å². The lowest BCUT2D eigenvalue weighted by atomic mass is 9.79. The van der Waals surface area contributed by atoms with Crippen molar-refractivity contribution in [1.29, 1.82) is 0 Å². The molecule has 0 spiro atoms. The van der Waals surface area contributed by atoms with Crippen molar-refractivity contribution in [2.75, 3.05) is 11.9 Å². The SMILES string of the molecule is Cc1ccn(-c2ccc(C(=O)N[C@@H]3CCC(F)(F)C[C@@H]3C(=O)N3CCC4C(c5ncc[nH]5)Nc5ccccc5C43)cc2)n1. The molecule has 1 saturated heterocycles. The Morgan fingerprint density at radius 3 is 2.63 bits per heavy atom. The van der Waals surface area contributed by atoms with Gasteiger partial charge in [-0.05, 0) is 61.7 Å². The van der Waals surface area contributed by atoms with Crippen LogP contribution in [0.25, 0.3) is 5.69 Å². The lowest BCUT2D eigenvalue weighted by Gasteiger charge is -2.42. The largest absolute Gasteiger partial charge is 0.375 e. The minimum atomic E-state index is -2.98. The van der Waals surface area contributed by atoms with Crippen molar-refractivity contribution in [3.8, 4) is 5.69 Å². The van der Waals surface area contributed by atoms with Crippen LogP contribution in [-0.4, -0.2) is 55.0 Å². The first-order valence-electron chi connectivity index (χ1n) is 14.7. The van der Waals surface area contributed by atoms with Gasteiger partial charge in [-0.25, -0.2) is 18.4 Å². The van der Waals surface area contributed by atoms with Crippen LogP contribution in [0.15, 0.2) is 73.2 Å². The number of rotatable bonds is 5.